The number of aryl methyl sites for hydroxylation is 1. The maximum Gasteiger partial charge on any atom is 0.223 e. The van der Waals surface area contributed by atoms with Gasteiger partial charge in [-0.2, -0.15) is 0 Å². The highest BCUT2D eigenvalue weighted by atomic mass is 35.5. The number of carbonyl (C=O) groups excluding carboxylic acids is 1. The van der Waals surface area contributed by atoms with Crippen LogP contribution in [0.1, 0.15) is 18.0 Å². The summed E-state index contributed by atoms with van der Waals surface area (Å²) in [5.41, 5.74) is 3.04. The van der Waals surface area contributed by atoms with Crippen LogP contribution in [0.25, 0.3) is 21.9 Å². The molecule has 1 aliphatic heterocycles. The third-order valence-electron chi connectivity index (χ3n) is 5.93. The Morgan fingerprint density at radius 3 is 2.59 bits per heavy atom. The van der Waals surface area contributed by atoms with Gasteiger partial charge < -0.3 is 9.32 Å². The van der Waals surface area contributed by atoms with Crippen LogP contribution in [-0.2, 0) is 17.8 Å². The summed E-state index contributed by atoms with van der Waals surface area (Å²) in [4.78, 5) is 26.1. The first-order chi connectivity index (χ1) is 16.7. The number of aromatic nitrogens is 2. The number of piperazine rings is 1. The molecule has 174 valence electrons. The minimum absolute atomic E-state index is 0.136. The molecule has 0 spiro atoms. The van der Waals surface area contributed by atoms with E-state index in [0.717, 1.165) is 54.6 Å². The Bertz CT molecular complexity index is 1250. The van der Waals surface area contributed by atoms with Gasteiger partial charge >= 0.3 is 0 Å². The summed E-state index contributed by atoms with van der Waals surface area (Å²) in [5.74, 6) is 1.32. The highest BCUT2D eigenvalue weighted by molar-refractivity contribution is 7.13. The second kappa shape index (κ2) is 10.5. The lowest BCUT2D eigenvalue weighted by atomic mass is 10.2. The number of halogens is 1. The van der Waals surface area contributed by atoms with Crippen LogP contribution < -0.4 is 0 Å². The summed E-state index contributed by atoms with van der Waals surface area (Å²) in [6.45, 7) is 3.96. The van der Waals surface area contributed by atoms with Gasteiger partial charge in [-0.3, -0.25) is 9.69 Å². The van der Waals surface area contributed by atoms with E-state index in [4.69, 9.17) is 21.0 Å². The lowest BCUT2D eigenvalue weighted by molar-refractivity contribution is -0.133. The molecule has 6 nitrogen and oxygen atoms in total. The molecule has 0 unspecified atom stereocenters. The number of nitrogens with zero attached hydrogens (tertiary/aromatic N) is 4. The van der Waals surface area contributed by atoms with Crippen molar-refractivity contribution in [2.75, 3.05) is 26.2 Å². The van der Waals surface area contributed by atoms with E-state index in [1.54, 1.807) is 17.5 Å². The standard InChI is InChI=1S/C26H25ClN4O2S/c27-22-9-5-4-8-21(22)23-16-28-24(33-23)10-11-25(32)31-14-12-30(13-15-31)17-20-18-34-26(29-20)19-6-2-1-3-7-19/h1-9,16,18H,10-15,17H2. The Hall–Kier alpha value is -3.00. The van der Waals surface area contributed by atoms with Crippen LogP contribution in [0.5, 0.6) is 0 Å². The highest BCUT2D eigenvalue weighted by Gasteiger charge is 2.22. The van der Waals surface area contributed by atoms with E-state index in [9.17, 15) is 4.79 Å². The number of thiazole rings is 1. The van der Waals surface area contributed by atoms with Crippen molar-refractivity contribution >= 4 is 28.8 Å². The number of hydrogen-bond acceptors (Lipinski definition) is 6. The number of carbonyl (C=O) groups is 1. The van der Waals surface area contributed by atoms with Crippen LogP contribution in [0.4, 0.5) is 0 Å². The molecule has 4 aromatic rings. The van der Waals surface area contributed by atoms with E-state index in [0.29, 0.717) is 29.5 Å². The normalized spacial score (nSPS) is 14.4. The Balaban J connectivity index is 1.09. The molecular weight excluding hydrogens is 468 g/mol. The molecule has 5 rings (SSSR count). The second-order valence-corrected chi connectivity index (χ2v) is 9.53. The van der Waals surface area contributed by atoms with Crippen molar-refractivity contribution in [1.82, 2.24) is 19.8 Å². The monoisotopic (exact) mass is 492 g/mol. The van der Waals surface area contributed by atoms with Crippen molar-refractivity contribution in [2.24, 2.45) is 0 Å². The van der Waals surface area contributed by atoms with E-state index in [2.05, 4.69) is 27.4 Å². The Kier molecular flexibility index (Phi) is 7.04. The number of rotatable bonds is 7. The minimum atomic E-state index is 0.136. The highest BCUT2D eigenvalue weighted by Crippen LogP contribution is 2.28. The average molecular weight is 493 g/mol. The summed E-state index contributed by atoms with van der Waals surface area (Å²) >= 11 is 7.91. The first-order valence-electron chi connectivity index (χ1n) is 11.4. The SMILES string of the molecule is O=C(CCc1ncc(-c2ccccc2Cl)o1)N1CCN(Cc2csc(-c3ccccc3)n2)CC1. The van der Waals surface area contributed by atoms with E-state index in [1.807, 2.05) is 47.4 Å². The van der Waals surface area contributed by atoms with Gasteiger partial charge in [-0.05, 0) is 12.1 Å². The smallest absolute Gasteiger partial charge is 0.223 e. The van der Waals surface area contributed by atoms with Gasteiger partial charge in [-0.1, -0.05) is 54.1 Å². The van der Waals surface area contributed by atoms with Crippen LogP contribution in [0.2, 0.25) is 5.02 Å². The van der Waals surface area contributed by atoms with Gasteiger partial charge in [0.2, 0.25) is 5.91 Å². The fourth-order valence-electron chi connectivity index (χ4n) is 4.06. The topological polar surface area (TPSA) is 62.5 Å². The van der Waals surface area contributed by atoms with Crippen molar-refractivity contribution in [3.63, 3.8) is 0 Å². The third kappa shape index (κ3) is 5.38. The second-order valence-electron chi connectivity index (χ2n) is 8.27. The molecule has 0 atom stereocenters. The van der Waals surface area contributed by atoms with Gasteiger partial charge in [0.05, 0.1) is 16.9 Å². The molecule has 0 N–H and O–H groups in total. The van der Waals surface area contributed by atoms with Crippen molar-refractivity contribution in [2.45, 2.75) is 19.4 Å². The summed E-state index contributed by atoms with van der Waals surface area (Å²) < 4.78 is 5.83. The van der Waals surface area contributed by atoms with Gasteiger partial charge in [0, 0.05) is 62.1 Å². The van der Waals surface area contributed by atoms with Crippen LogP contribution in [-0.4, -0.2) is 51.9 Å². The van der Waals surface area contributed by atoms with Gasteiger partial charge in [0.15, 0.2) is 11.7 Å². The molecule has 0 aliphatic carbocycles. The molecular formula is C26H25ClN4O2S. The Labute approximate surface area is 207 Å². The zero-order valence-electron chi connectivity index (χ0n) is 18.7. The molecule has 1 saturated heterocycles. The van der Waals surface area contributed by atoms with Gasteiger partial charge in [-0.15, -0.1) is 11.3 Å². The Morgan fingerprint density at radius 1 is 1.03 bits per heavy atom. The molecule has 3 heterocycles. The minimum Gasteiger partial charge on any atom is -0.441 e. The molecule has 34 heavy (non-hydrogen) atoms. The fraction of sp³-hybridized carbons (Fsp3) is 0.269. The average Bonchev–Trinajstić information content (AvgIpc) is 3.54. The molecule has 0 bridgehead atoms. The predicted molar refractivity (Wildman–Crippen MR) is 135 cm³/mol. The number of benzene rings is 2. The molecule has 8 heteroatoms. The van der Waals surface area contributed by atoms with Gasteiger partial charge in [-0.25, -0.2) is 9.97 Å². The zero-order chi connectivity index (χ0) is 23.3. The predicted octanol–water partition coefficient (Wildman–Crippen LogP) is 5.40. The fourth-order valence-corrected chi connectivity index (χ4v) is 5.11. The van der Waals surface area contributed by atoms with Crippen LogP contribution >= 0.6 is 22.9 Å². The maximum atomic E-state index is 12.7. The summed E-state index contributed by atoms with van der Waals surface area (Å²) in [5, 5.41) is 3.80. The maximum absolute atomic E-state index is 12.7. The lowest BCUT2D eigenvalue weighted by Gasteiger charge is -2.34. The molecule has 2 aromatic carbocycles. The molecule has 1 aliphatic rings. The first-order valence-corrected chi connectivity index (χ1v) is 12.6. The largest absolute Gasteiger partial charge is 0.441 e. The van der Waals surface area contributed by atoms with E-state index < -0.39 is 0 Å². The van der Waals surface area contributed by atoms with E-state index in [1.165, 1.54) is 0 Å². The molecule has 2 aromatic heterocycles. The molecule has 0 saturated carbocycles. The number of oxazole rings is 1. The molecule has 1 amide bonds. The molecule has 1 fully saturated rings. The lowest BCUT2D eigenvalue weighted by Crippen LogP contribution is -2.48. The number of amides is 1. The molecule has 0 radical (unpaired) electrons. The van der Waals surface area contributed by atoms with Crippen LogP contribution in [0.15, 0.2) is 70.6 Å². The quantitative estimate of drug-likeness (QED) is 0.346. The van der Waals surface area contributed by atoms with Crippen LogP contribution in [0, 0.1) is 0 Å². The summed E-state index contributed by atoms with van der Waals surface area (Å²) in [6.07, 6.45) is 2.53. The third-order valence-corrected chi connectivity index (χ3v) is 7.20. The first kappa shape index (κ1) is 22.8. The van der Waals surface area contributed by atoms with Crippen molar-refractivity contribution in [3.05, 3.63) is 82.8 Å². The summed E-state index contributed by atoms with van der Waals surface area (Å²) in [7, 11) is 0. The van der Waals surface area contributed by atoms with Gasteiger partial charge in [0.25, 0.3) is 0 Å². The van der Waals surface area contributed by atoms with E-state index >= 15 is 0 Å². The van der Waals surface area contributed by atoms with Crippen molar-refractivity contribution in [3.8, 4) is 21.9 Å². The van der Waals surface area contributed by atoms with Crippen LogP contribution in [0.3, 0.4) is 0 Å². The Morgan fingerprint density at radius 2 is 1.79 bits per heavy atom. The number of hydrogen-bond donors (Lipinski definition) is 0. The van der Waals surface area contributed by atoms with Crippen molar-refractivity contribution < 1.29 is 9.21 Å². The summed E-state index contributed by atoms with van der Waals surface area (Å²) in [6, 6.07) is 17.8. The van der Waals surface area contributed by atoms with Gasteiger partial charge in [0.1, 0.15) is 5.01 Å². The van der Waals surface area contributed by atoms with Crippen molar-refractivity contribution in [1.29, 1.82) is 0 Å². The van der Waals surface area contributed by atoms with E-state index in [-0.39, 0.29) is 5.91 Å². The zero-order valence-corrected chi connectivity index (χ0v) is 20.3.